The third-order valence-corrected chi connectivity index (χ3v) is 3.75. The molecule has 3 aromatic rings. The number of hydrogen-bond acceptors (Lipinski definition) is 3. The number of aromatic nitrogens is 4. The minimum absolute atomic E-state index is 0.330. The van der Waals surface area contributed by atoms with E-state index in [1.165, 1.54) is 9.36 Å². The van der Waals surface area contributed by atoms with Crippen LogP contribution in [0, 0.1) is 0 Å². The summed E-state index contributed by atoms with van der Waals surface area (Å²) in [7, 11) is 0. The maximum Gasteiger partial charge on any atom is 0.368 e. The average Bonchev–Trinajstić information content (AvgIpc) is 2.81. The first-order valence-electron chi connectivity index (χ1n) is 6.17. The van der Waals surface area contributed by atoms with Gasteiger partial charge in [0.2, 0.25) is 0 Å². The zero-order valence-corrected chi connectivity index (χ0v) is 13.1. The summed E-state index contributed by atoms with van der Waals surface area (Å²) < 4.78 is 3.44. The Labute approximate surface area is 133 Å². The summed E-state index contributed by atoms with van der Waals surface area (Å²) in [6.45, 7) is 0.350. The van der Waals surface area contributed by atoms with E-state index in [1.54, 1.807) is 24.3 Å². The van der Waals surface area contributed by atoms with Crippen LogP contribution in [0.25, 0.3) is 5.69 Å². The SMILES string of the molecule is O=c1n(Cc2cccc(Br)c2)nnn1-c1ccccc1Cl. The maximum absolute atomic E-state index is 12.3. The molecule has 0 radical (unpaired) electrons. The van der Waals surface area contributed by atoms with Gasteiger partial charge in [-0.25, -0.2) is 4.79 Å². The molecule has 0 aliphatic carbocycles. The molecule has 0 atom stereocenters. The van der Waals surface area contributed by atoms with Gasteiger partial charge in [-0.3, -0.25) is 0 Å². The maximum atomic E-state index is 12.3. The van der Waals surface area contributed by atoms with Gasteiger partial charge >= 0.3 is 5.69 Å². The Morgan fingerprint density at radius 1 is 1.10 bits per heavy atom. The zero-order valence-electron chi connectivity index (χ0n) is 10.8. The van der Waals surface area contributed by atoms with E-state index in [4.69, 9.17) is 11.6 Å². The number of nitrogens with zero attached hydrogens (tertiary/aromatic N) is 4. The van der Waals surface area contributed by atoms with Crippen molar-refractivity contribution >= 4 is 27.5 Å². The van der Waals surface area contributed by atoms with Gasteiger partial charge in [-0.2, -0.15) is 9.36 Å². The Morgan fingerprint density at radius 3 is 2.67 bits per heavy atom. The summed E-state index contributed by atoms with van der Waals surface area (Å²) >= 11 is 9.48. The summed E-state index contributed by atoms with van der Waals surface area (Å²) in [6.07, 6.45) is 0. The van der Waals surface area contributed by atoms with Crippen molar-refractivity contribution < 1.29 is 0 Å². The van der Waals surface area contributed by atoms with Crippen molar-refractivity contribution in [1.29, 1.82) is 0 Å². The van der Waals surface area contributed by atoms with Gasteiger partial charge < -0.3 is 0 Å². The highest BCUT2D eigenvalue weighted by molar-refractivity contribution is 9.10. The monoisotopic (exact) mass is 364 g/mol. The molecule has 1 aromatic heterocycles. The van der Waals surface area contributed by atoms with E-state index in [2.05, 4.69) is 26.4 Å². The standard InChI is InChI=1S/C14H10BrClN4O/c15-11-5-3-4-10(8-11)9-19-14(21)20(18-17-19)13-7-2-1-6-12(13)16/h1-8H,9H2. The van der Waals surface area contributed by atoms with Crippen molar-refractivity contribution in [2.75, 3.05) is 0 Å². The molecule has 0 amide bonds. The molecule has 3 rings (SSSR count). The molecule has 0 saturated carbocycles. The van der Waals surface area contributed by atoms with Crippen molar-refractivity contribution in [3.05, 3.63) is 74.1 Å². The molecule has 0 aliphatic rings. The molecule has 0 aliphatic heterocycles. The van der Waals surface area contributed by atoms with E-state index in [0.717, 1.165) is 10.0 Å². The molecule has 0 unspecified atom stereocenters. The first-order chi connectivity index (χ1) is 10.1. The molecule has 1 heterocycles. The molecule has 7 heteroatoms. The predicted octanol–water partition coefficient (Wildman–Crippen LogP) is 2.89. The molecule has 5 nitrogen and oxygen atoms in total. The van der Waals surface area contributed by atoms with E-state index in [9.17, 15) is 4.79 Å². The molecule has 0 saturated heterocycles. The number of halogens is 2. The molecule has 0 bridgehead atoms. The quantitative estimate of drug-likeness (QED) is 0.717. The molecular weight excluding hydrogens is 356 g/mol. The first-order valence-corrected chi connectivity index (χ1v) is 7.34. The summed E-state index contributed by atoms with van der Waals surface area (Å²) in [4.78, 5) is 12.3. The van der Waals surface area contributed by atoms with Crippen LogP contribution in [0.3, 0.4) is 0 Å². The van der Waals surface area contributed by atoms with Crippen LogP contribution in [0.4, 0.5) is 0 Å². The number of para-hydroxylation sites is 1. The molecular formula is C14H10BrClN4O. The Morgan fingerprint density at radius 2 is 1.90 bits per heavy atom. The van der Waals surface area contributed by atoms with E-state index in [-0.39, 0.29) is 5.69 Å². The zero-order chi connectivity index (χ0) is 14.8. The first kappa shape index (κ1) is 14.0. The van der Waals surface area contributed by atoms with Crippen molar-refractivity contribution in [2.24, 2.45) is 0 Å². The van der Waals surface area contributed by atoms with Gasteiger partial charge in [0.1, 0.15) is 0 Å². The van der Waals surface area contributed by atoms with Crippen LogP contribution in [-0.2, 0) is 6.54 Å². The van der Waals surface area contributed by atoms with Crippen molar-refractivity contribution in [3.63, 3.8) is 0 Å². The summed E-state index contributed by atoms with van der Waals surface area (Å²) in [5.74, 6) is 0. The average molecular weight is 366 g/mol. The van der Waals surface area contributed by atoms with Gasteiger partial charge in [0.25, 0.3) is 0 Å². The second-order valence-electron chi connectivity index (χ2n) is 4.41. The predicted molar refractivity (Wildman–Crippen MR) is 83.9 cm³/mol. The fourth-order valence-electron chi connectivity index (χ4n) is 1.96. The van der Waals surface area contributed by atoms with Crippen molar-refractivity contribution in [3.8, 4) is 5.69 Å². The Bertz CT molecular complexity index is 843. The second kappa shape index (κ2) is 5.83. The molecule has 0 fully saturated rings. The van der Waals surface area contributed by atoms with Gasteiger partial charge in [-0.05, 0) is 40.3 Å². The van der Waals surface area contributed by atoms with Crippen LogP contribution < -0.4 is 5.69 Å². The number of rotatable bonds is 3. The topological polar surface area (TPSA) is 52.7 Å². The number of hydrogen-bond donors (Lipinski definition) is 0. The summed E-state index contributed by atoms with van der Waals surface area (Å²) in [5, 5.41) is 8.24. The lowest BCUT2D eigenvalue weighted by atomic mass is 10.2. The summed E-state index contributed by atoms with van der Waals surface area (Å²) in [5.41, 5.74) is 1.14. The highest BCUT2D eigenvalue weighted by Gasteiger charge is 2.11. The Balaban J connectivity index is 1.97. The van der Waals surface area contributed by atoms with Gasteiger partial charge in [0, 0.05) is 4.47 Å². The van der Waals surface area contributed by atoms with Gasteiger partial charge in [0.05, 0.1) is 17.3 Å². The number of benzene rings is 2. The summed E-state index contributed by atoms with van der Waals surface area (Å²) in [6, 6.07) is 14.7. The van der Waals surface area contributed by atoms with Crippen molar-refractivity contribution in [2.45, 2.75) is 6.54 Å². The lowest BCUT2D eigenvalue weighted by molar-refractivity contribution is 0.631. The smallest absolute Gasteiger partial charge is 0.244 e. The van der Waals surface area contributed by atoms with Crippen LogP contribution in [-0.4, -0.2) is 19.8 Å². The Hall–Kier alpha value is -1.92. The minimum atomic E-state index is -0.330. The Kier molecular flexibility index (Phi) is 3.90. The van der Waals surface area contributed by atoms with E-state index in [1.807, 2.05) is 24.3 Å². The largest absolute Gasteiger partial charge is 0.368 e. The highest BCUT2D eigenvalue weighted by atomic mass is 79.9. The van der Waals surface area contributed by atoms with Gasteiger partial charge in [0.15, 0.2) is 0 Å². The van der Waals surface area contributed by atoms with E-state index < -0.39 is 0 Å². The van der Waals surface area contributed by atoms with Gasteiger partial charge in [-0.1, -0.05) is 51.8 Å². The van der Waals surface area contributed by atoms with Crippen LogP contribution in [0.5, 0.6) is 0 Å². The fraction of sp³-hybridized carbons (Fsp3) is 0.0714. The van der Waals surface area contributed by atoms with Crippen LogP contribution in [0.1, 0.15) is 5.56 Å². The second-order valence-corrected chi connectivity index (χ2v) is 5.74. The third kappa shape index (κ3) is 2.91. The molecule has 2 aromatic carbocycles. The highest BCUT2D eigenvalue weighted by Crippen LogP contribution is 2.17. The van der Waals surface area contributed by atoms with E-state index in [0.29, 0.717) is 17.3 Å². The number of tetrazole rings is 1. The van der Waals surface area contributed by atoms with Crippen LogP contribution in [0.15, 0.2) is 57.8 Å². The molecule has 106 valence electrons. The molecule has 21 heavy (non-hydrogen) atoms. The van der Waals surface area contributed by atoms with Gasteiger partial charge in [-0.15, -0.1) is 0 Å². The fourth-order valence-corrected chi connectivity index (χ4v) is 2.62. The lowest BCUT2D eigenvalue weighted by Gasteiger charge is -2.01. The van der Waals surface area contributed by atoms with E-state index >= 15 is 0 Å². The van der Waals surface area contributed by atoms with Crippen LogP contribution in [0.2, 0.25) is 5.02 Å². The normalized spacial score (nSPS) is 10.8. The molecule has 0 spiro atoms. The lowest BCUT2D eigenvalue weighted by Crippen LogP contribution is -2.24. The third-order valence-electron chi connectivity index (χ3n) is 2.94. The van der Waals surface area contributed by atoms with Crippen LogP contribution >= 0.6 is 27.5 Å². The van der Waals surface area contributed by atoms with Crippen molar-refractivity contribution in [1.82, 2.24) is 19.8 Å². The minimum Gasteiger partial charge on any atom is -0.244 e. The molecule has 0 N–H and O–H groups in total.